The molecule has 1 amide bonds. The van der Waals surface area contributed by atoms with Crippen LogP contribution in [0, 0.1) is 5.92 Å². The summed E-state index contributed by atoms with van der Waals surface area (Å²) >= 11 is 0. The Morgan fingerprint density at radius 1 is 1.24 bits per heavy atom. The van der Waals surface area contributed by atoms with Gasteiger partial charge in [0.05, 0.1) is 6.61 Å². The highest BCUT2D eigenvalue weighted by Crippen LogP contribution is 2.29. The molecule has 2 aliphatic rings. The average molecular weight is 421 g/mol. The maximum absolute atomic E-state index is 13.2. The number of hydrogen-bond donors (Lipinski definition) is 2. The van der Waals surface area contributed by atoms with Crippen molar-refractivity contribution in [3.05, 3.63) is 42.7 Å². The molecule has 0 aliphatic carbocycles. The van der Waals surface area contributed by atoms with Gasteiger partial charge in [-0.3, -0.25) is 9.48 Å². The minimum absolute atomic E-state index is 0. The van der Waals surface area contributed by atoms with E-state index in [4.69, 9.17) is 9.47 Å². The van der Waals surface area contributed by atoms with E-state index >= 15 is 0 Å². The van der Waals surface area contributed by atoms with Gasteiger partial charge in [-0.2, -0.15) is 5.10 Å². The number of rotatable bonds is 6. The Hall–Kier alpha value is -2.09. The summed E-state index contributed by atoms with van der Waals surface area (Å²) in [4.78, 5) is 13.2. The van der Waals surface area contributed by atoms with Crippen LogP contribution < -0.4 is 15.4 Å². The van der Waals surface area contributed by atoms with Crippen LogP contribution in [0.2, 0.25) is 0 Å². The van der Waals surface area contributed by atoms with Gasteiger partial charge in [-0.1, -0.05) is 0 Å². The molecule has 1 aromatic carbocycles. The topological polar surface area (TPSA) is 77.4 Å². The second-order valence-corrected chi connectivity index (χ2v) is 7.58. The summed E-state index contributed by atoms with van der Waals surface area (Å²) in [5.41, 5.74) is 0.126. The lowest BCUT2D eigenvalue weighted by atomic mass is 9.87. The zero-order valence-electron chi connectivity index (χ0n) is 16.5. The first-order chi connectivity index (χ1) is 13.8. The number of hydrogen-bond acceptors (Lipinski definition) is 5. The zero-order valence-corrected chi connectivity index (χ0v) is 17.3. The highest BCUT2D eigenvalue weighted by molar-refractivity contribution is 5.96. The van der Waals surface area contributed by atoms with Crippen LogP contribution in [0.1, 0.15) is 25.7 Å². The van der Waals surface area contributed by atoms with E-state index in [1.165, 1.54) is 0 Å². The molecule has 0 bridgehead atoms. The number of ether oxygens (including phenoxy) is 2. The monoisotopic (exact) mass is 420 g/mol. The Kier molecular flexibility index (Phi) is 7.52. The summed E-state index contributed by atoms with van der Waals surface area (Å²) in [5.74, 6) is 1.36. The molecule has 2 aliphatic heterocycles. The molecule has 0 atom stereocenters. The first-order valence-electron chi connectivity index (χ1n) is 10.1. The molecule has 1 aromatic heterocycles. The highest BCUT2D eigenvalue weighted by atomic mass is 35.5. The molecule has 29 heavy (non-hydrogen) atoms. The maximum Gasteiger partial charge on any atom is 0.252 e. The van der Waals surface area contributed by atoms with Gasteiger partial charge >= 0.3 is 0 Å². The van der Waals surface area contributed by atoms with E-state index in [0.29, 0.717) is 25.4 Å². The fraction of sp³-hybridized carbons (Fsp3) is 0.524. The van der Waals surface area contributed by atoms with Gasteiger partial charge in [0.2, 0.25) is 0 Å². The lowest BCUT2D eigenvalue weighted by Gasteiger charge is -2.36. The molecule has 2 aromatic rings. The largest absolute Gasteiger partial charge is 0.493 e. The first-order valence-corrected chi connectivity index (χ1v) is 10.1. The second kappa shape index (κ2) is 10.1. The predicted molar refractivity (Wildman–Crippen MR) is 114 cm³/mol. The quantitative estimate of drug-likeness (QED) is 0.751. The van der Waals surface area contributed by atoms with Crippen molar-refractivity contribution in [2.75, 3.05) is 38.2 Å². The third kappa shape index (κ3) is 5.10. The van der Waals surface area contributed by atoms with E-state index in [2.05, 4.69) is 15.7 Å². The van der Waals surface area contributed by atoms with E-state index in [1.807, 2.05) is 36.5 Å². The van der Waals surface area contributed by atoms with Crippen LogP contribution >= 0.6 is 12.4 Å². The van der Waals surface area contributed by atoms with E-state index in [-0.39, 0.29) is 18.3 Å². The lowest BCUT2D eigenvalue weighted by Crippen LogP contribution is -2.52. The minimum atomic E-state index is -0.646. The molecule has 0 unspecified atom stereocenters. The second-order valence-electron chi connectivity index (χ2n) is 7.58. The maximum atomic E-state index is 13.2. The molecular formula is C21H29ClN4O3. The number of nitrogens with zero attached hydrogens (tertiary/aromatic N) is 2. The molecular weight excluding hydrogens is 392 g/mol. The van der Waals surface area contributed by atoms with Crippen molar-refractivity contribution >= 4 is 24.0 Å². The number of piperidine rings is 1. The molecule has 2 saturated heterocycles. The van der Waals surface area contributed by atoms with Crippen LogP contribution in [-0.2, 0) is 15.1 Å². The van der Waals surface area contributed by atoms with Gasteiger partial charge in [0.1, 0.15) is 11.3 Å². The Labute approximate surface area is 177 Å². The van der Waals surface area contributed by atoms with Crippen molar-refractivity contribution in [3.63, 3.8) is 0 Å². The molecule has 4 rings (SSSR count). The summed E-state index contributed by atoms with van der Waals surface area (Å²) in [6.07, 6.45) is 7.14. The molecule has 0 saturated carbocycles. The summed E-state index contributed by atoms with van der Waals surface area (Å²) in [6, 6.07) is 9.49. The summed E-state index contributed by atoms with van der Waals surface area (Å²) in [5, 5.41) is 10.8. The van der Waals surface area contributed by atoms with E-state index in [0.717, 1.165) is 50.6 Å². The summed E-state index contributed by atoms with van der Waals surface area (Å²) in [6.45, 7) is 3.96. The minimum Gasteiger partial charge on any atom is -0.493 e. The van der Waals surface area contributed by atoms with E-state index < -0.39 is 5.54 Å². The van der Waals surface area contributed by atoms with Gasteiger partial charge in [0.25, 0.3) is 5.91 Å². The predicted octanol–water partition coefficient (Wildman–Crippen LogP) is 2.83. The van der Waals surface area contributed by atoms with E-state index in [9.17, 15) is 4.79 Å². The lowest BCUT2D eigenvalue weighted by molar-refractivity contribution is -0.126. The van der Waals surface area contributed by atoms with Gasteiger partial charge in [-0.25, -0.2) is 0 Å². The Balaban J connectivity index is 0.00000240. The summed E-state index contributed by atoms with van der Waals surface area (Å²) < 4.78 is 13.1. The number of halogens is 1. The van der Waals surface area contributed by atoms with Crippen molar-refractivity contribution in [1.29, 1.82) is 0 Å². The van der Waals surface area contributed by atoms with Gasteiger partial charge in [-0.05, 0) is 75.0 Å². The van der Waals surface area contributed by atoms with Crippen molar-refractivity contribution < 1.29 is 14.3 Å². The Bertz CT molecular complexity index is 755. The van der Waals surface area contributed by atoms with Crippen LogP contribution in [0.25, 0.3) is 0 Å². The Morgan fingerprint density at radius 3 is 2.62 bits per heavy atom. The van der Waals surface area contributed by atoms with Crippen molar-refractivity contribution in [3.8, 4) is 5.75 Å². The van der Waals surface area contributed by atoms with Gasteiger partial charge in [0, 0.05) is 31.3 Å². The molecule has 8 heteroatoms. The molecule has 3 heterocycles. The van der Waals surface area contributed by atoms with Crippen LogP contribution in [0.5, 0.6) is 5.75 Å². The van der Waals surface area contributed by atoms with E-state index in [1.54, 1.807) is 10.9 Å². The standard InChI is InChI=1S/C21H28N4O3.ClH/c26-20(21(8-11-22-12-9-21)25-13-1-10-23-25)24-18-2-4-19(5-3-18)28-16-17-6-14-27-15-7-17;/h1-5,10,13,17,22H,6-9,11-12,14-16H2,(H,24,26);1H. The number of benzene rings is 1. The smallest absolute Gasteiger partial charge is 0.252 e. The average Bonchev–Trinajstić information content (AvgIpc) is 3.30. The number of carbonyl (C=O) groups is 1. The fourth-order valence-corrected chi connectivity index (χ4v) is 3.93. The van der Waals surface area contributed by atoms with Gasteiger partial charge < -0.3 is 20.1 Å². The van der Waals surface area contributed by atoms with Crippen LogP contribution in [-0.4, -0.2) is 48.6 Å². The zero-order chi connectivity index (χ0) is 19.2. The van der Waals surface area contributed by atoms with Crippen molar-refractivity contribution in [2.24, 2.45) is 5.92 Å². The molecule has 2 N–H and O–H groups in total. The molecule has 7 nitrogen and oxygen atoms in total. The summed E-state index contributed by atoms with van der Waals surface area (Å²) in [7, 11) is 0. The SMILES string of the molecule is Cl.O=C(Nc1ccc(OCC2CCOCC2)cc1)C1(n2cccn2)CCNCC1. The third-order valence-corrected chi connectivity index (χ3v) is 5.74. The molecule has 158 valence electrons. The number of amides is 1. The molecule has 0 spiro atoms. The number of carbonyl (C=O) groups excluding carboxylic acids is 1. The van der Waals surface area contributed by atoms with Crippen molar-refractivity contribution in [1.82, 2.24) is 15.1 Å². The fourth-order valence-electron chi connectivity index (χ4n) is 3.93. The third-order valence-electron chi connectivity index (χ3n) is 5.74. The van der Waals surface area contributed by atoms with Gasteiger partial charge in [-0.15, -0.1) is 12.4 Å². The first kappa shape index (κ1) is 21.6. The highest BCUT2D eigenvalue weighted by Gasteiger charge is 2.42. The van der Waals surface area contributed by atoms with Gasteiger partial charge in [0.15, 0.2) is 0 Å². The molecule has 0 radical (unpaired) electrons. The van der Waals surface area contributed by atoms with Crippen LogP contribution in [0.4, 0.5) is 5.69 Å². The number of anilines is 1. The normalized spacial score (nSPS) is 19.2. The number of aromatic nitrogens is 2. The van der Waals surface area contributed by atoms with Crippen LogP contribution in [0.15, 0.2) is 42.7 Å². The number of nitrogens with one attached hydrogen (secondary N) is 2. The van der Waals surface area contributed by atoms with Crippen LogP contribution in [0.3, 0.4) is 0 Å². The molecule has 2 fully saturated rings. The van der Waals surface area contributed by atoms with Crippen molar-refractivity contribution in [2.45, 2.75) is 31.2 Å². The Morgan fingerprint density at radius 2 is 1.97 bits per heavy atom.